The van der Waals surface area contributed by atoms with Crippen molar-refractivity contribution >= 4 is 22.9 Å². The number of aromatic nitrogens is 1. The lowest BCUT2D eigenvalue weighted by Gasteiger charge is -2.03. The molecule has 2 rings (SSSR count). The molecule has 4 nitrogen and oxygen atoms in total. The molecule has 1 amide bonds. The highest BCUT2D eigenvalue weighted by atomic mass is 32.1. The molecule has 2 aromatic rings. The highest BCUT2D eigenvalue weighted by Gasteiger charge is 2.13. The molecule has 102 valence electrons. The van der Waals surface area contributed by atoms with Gasteiger partial charge < -0.3 is 10.4 Å². The zero-order valence-electron chi connectivity index (χ0n) is 11.2. The molecule has 0 aliphatic rings. The fourth-order valence-corrected chi connectivity index (χ4v) is 2.52. The van der Waals surface area contributed by atoms with Crippen LogP contribution in [-0.2, 0) is 0 Å². The Balaban J connectivity index is 2.10. The molecule has 1 aromatic heterocycles. The van der Waals surface area contributed by atoms with Gasteiger partial charge in [0.15, 0.2) is 0 Å². The fourth-order valence-electron chi connectivity index (χ4n) is 1.71. The van der Waals surface area contributed by atoms with Crippen molar-refractivity contribution in [2.75, 3.05) is 11.9 Å². The molecule has 0 fully saturated rings. The molecule has 1 heterocycles. The molecule has 0 saturated heterocycles. The van der Waals surface area contributed by atoms with Gasteiger partial charge in [-0.3, -0.25) is 4.79 Å². The van der Waals surface area contributed by atoms with Crippen molar-refractivity contribution in [3.8, 4) is 11.8 Å². The lowest BCUT2D eigenvalue weighted by atomic mass is 10.2. The molecule has 0 bridgehead atoms. The van der Waals surface area contributed by atoms with Crippen molar-refractivity contribution in [1.29, 1.82) is 0 Å². The van der Waals surface area contributed by atoms with Crippen molar-refractivity contribution in [3.63, 3.8) is 0 Å². The van der Waals surface area contributed by atoms with Crippen molar-refractivity contribution < 1.29 is 9.90 Å². The second-order valence-electron chi connectivity index (χ2n) is 4.14. The predicted molar refractivity (Wildman–Crippen MR) is 79.9 cm³/mol. The van der Waals surface area contributed by atoms with E-state index >= 15 is 0 Å². The third kappa shape index (κ3) is 3.44. The monoisotopic (exact) mass is 286 g/mol. The summed E-state index contributed by atoms with van der Waals surface area (Å²) >= 11 is 1.38. The van der Waals surface area contributed by atoms with E-state index in [0.717, 1.165) is 16.3 Å². The Morgan fingerprint density at radius 1 is 1.35 bits per heavy atom. The van der Waals surface area contributed by atoms with E-state index < -0.39 is 0 Å². The lowest BCUT2D eigenvalue weighted by molar-refractivity contribution is 0.103. The number of hydrogen-bond donors (Lipinski definition) is 2. The maximum absolute atomic E-state index is 12.1. The van der Waals surface area contributed by atoms with Gasteiger partial charge in [0.2, 0.25) is 0 Å². The molecule has 20 heavy (non-hydrogen) atoms. The number of aryl methyl sites for hydroxylation is 2. The van der Waals surface area contributed by atoms with Crippen molar-refractivity contribution in [2.45, 2.75) is 13.8 Å². The maximum Gasteiger partial charge on any atom is 0.267 e. The summed E-state index contributed by atoms with van der Waals surface area (Å²) in [5.41, 5.74) is 2.24. The summed E-state index contributed by atoms with van der Waals surface area (Å²) in [7, 11) is 0. The summed E-state index contributed by atoms with van der Waals surface area (Å²) in [5, 5.41) is 12.3. The van der Waals surface area contributed by atoms with Crippen LogP contribution in [-0.4, -0.2) is 22.6 Å². The average molecular weight is 286 g/mol. The average Bonchev–Trinajstić information content (AvgIpc) is 2.77. The van der Waals surface area contributed by atoms with Crippen molar-refractivity contribution in [2.24, 2.45) is 0 Å². The van der Waals surface area contributed by atoms with Crippen LogP contribution in [0.5, 0.6) is 0 Å². The Hall–Kier alpha value is -2.16. The number of aliphatic hydroxyl groups excluding tert-OH is 1. The SMILES string of the molecule is Cc1nc(C)c(C(=O)Nc2ccc(C#CCO)cc2)s1. The van der Waals surface area contributed by atoms with E-state index in [0.29, 0.717) is 10.6 Å². The van der Waals surface area contributed by atoms with Crippen LogP contribution in [0.2, 0.25) is 0 Å². The van der Waals surface area contributed by atoms with Crippen LogP contribution in [0, 0.1) is 25.7 Å². The molecular weight excluding hydrogens is 272 g/mol. The van der Waals surface area contributed by atoms with Crippen LogP contribution < -0.4 is 5.32 Å². The quantitative estimate of drug-likeness (QED) is 0.833. The molecule has 0 aliphatic heterocycles. The molecule has 5 heteroatoms. The summed E-state index contributed by atoms with van der Waals surface area (Å²) in [5.74, 6) is 5.22. The zero-order chi connectivity index (χ0) is 14.5. The molecule has 0 aliphatic carbocycles. The van der Waals surface area contributed by atoms with Gasteiger partial charge in [-0.05, 0) is 38.1 Å². The maximum atomic E-state index is 12.1. The number of nitrogens with zero attached hydrogens (tertiary/aromatic N) is 1. The summed E-state index contributed by atoms with van der Waals surface area (Å²) < 4.78 is 0. The lowest BCUT2D eigenvalue weighted by Crippen LogP contribution is -2.11. The van der Waals surface area contributed by atoms with Gasteiger partial charge in [-0.2, -0.15) is 0 Å². The number of rotatable bonds is 2. The second-order valence-corrected chi connectivity index (χ2v) is 5.34. The third-order valence-corrected chi connectivity index (χ3v) is 3.64. The largest absolute Gasteiger partial charge is 0.384 e. The first-order valence-electron chi connectivity index (χ1n) is 6.05. The molecule has 2 N–H and O–H groups in total. The van der Waals surface area contributed by atoms with E-state index in [1.165, 1.54) is 11.3 Å². The van der Waals surface area contributed by atoms with Crippen LogP contribution in [0.4, 0.5) is 5.69 Å². The molecule has 0 radical (unpaired) electrons. The minimum atomic E-state index is -0.164. The van der Waals surface area contributed by atoms with Crippen LogP contribution in [0.1, 0.15) is 25.9 Å². The summed E-state index contributed by atoms with van der Waals surface area (Å²) in [6, 6.07) is 7.15. The minimum Gasteiger partial charge on any atom is -0.384 e. The normalized spacial score (nSPS) is 9.75. The highest BCUT2D eigenvalue weighted by Crippen LogP contribution is 2.19. The zero-order valence-corrected chi connectivity index (χ0v) is 12.0. The van der Waals surface area contributed by atoms with E-state index in [9.17, 15) is 4.79 Å². The smallest absolute Gasteiger partial charge is 0.267 e. The van der Waals surface area contributed by atoms with Gasteiger partial charge >= 0.3 is 0 Å². The molecule has 0 atom stereocenters. The first-order chi connectivity index (χ1) is 9.60. The second kappa shape index (κ2) is 6.33. The van der Waals surface area contributed by atoms with E-state index in [-0.39, 0.29) is 12.5 Å². The molecule has 1 aromatic carbocycles. The first-order valence-corrected chi connectivity index (χ1v) is 6.87. The topological polar surface area (TPSA) is 62.2 Å². The van der Waals surface area contributed by atoms with Crippen LogP contribution >= 0.6 is 11.3 Å². The summed E-state index contributed by atoms with van der Waals surface area (Å²) in [6.45, 7) is 3.54. The standard InChI is InChI=1S/C15H14N2O2S/c1-10-14(20-11(2)16-10)15(19)17-13-7-5-12(6-8-13)4-3-9-18/h5-8,18H,9H2,1-2H3,(H,17,19). The number of nitrogens with one attached hydrogen (secondary N) is 1. The number of aliphatic hydroxyl groups is 1. The van der Waals surface area contributed by atoms with E-state index in [1.807, 2.05) is 13.8 Å². The number of carbonyl (C=O) groups excluding carboxylic acids is 1. The number of carbonyl (C=O) groups is 1. The van der Waals surface area contributed by atoms with E-state index in [2.05, 4.69) is 22.1 Å². The molecular formula is C15H14N2O2S. The Bertz CT molecular complexity index is 678. The number of hydrogen-bond acceptors (Lipinski definition) is 4. The van der Waals surface area contributed by atoms with Crippen molar-refractivity contribution in [3.05, 3.63) is 45.4 Å². The number of amides is 1. The first kappa shape index (κ1) is 14.3. The molecule has 0 spiro atoms. The minimum absolute atomic E-state index is 0.151. The Morgan fingerprint density at radius 2 is 2.05 bits per heavy atom. The van der Waals surface area contributed by atoms with Gasteiger partial charge in [0, 0.05) is 11.3 Å². The van der Waals surface area contributed by atoms with Gasteiger partial charge in [-0.15, -0.1) is 11.3 Å². The molecule has 0 unspecified atom stereocenters. The Labute approximate surface area is 121 Å². The number of benzene rings is 1. The fraction of sp³-hybridized carbons (Fsp3) is 0.200. The van der Waals surface area contributed by atoms with Crippen molar-refractivity contribution in [1.82, 2.24) is 4.98 Å². The predicted octanol–water partition coefficient (Wildman–Crippen LogP) is 2.36. The van der Waals surface area contributed by atoms with E-state index in [4.69, 9.17) is 5.11 Å². The van der Waals surface area contributed by atoms with Gasteiger partial charge in [0.1, 0.15) is 11.5 Å². The van der Waals surface area contributed by atoms with Crippen LogP contribution in [0.3, 0.4) is 0 Å². The summed E-state index contributed by atoms with van der Waals surface area (Å²) in [6.07, 6.45) is 0. The number of thiazole rings is 1. The van der Waals surface area contributed by atoms with Gasteiger partial charge in [0.25, 0.3) is 5.91 Å². The van der Waals surface area contributed by atoms with Gasteiger partial charge in [-0.1, -0.05) is 11.8 Å². The Morgan fingerprint density at radius 3 is 2.60 bits per heavy atom. The van der Waals surface area contributed by atoms with Gasteiger partial charge in [-0.25, -0.2) is 4.98 Å². The van der Waals surface area contributed by atoms with Crippen LogP contribution in [0.25, 0.3) is 0 Å². The Kier molecular flexibility index (Phi) is 4.51. The number of anilines is 1. The van der Waals surface area contributed by atoms with Crippen LogP contribution in [0.15, 0.2) is 24.3 Å². The summed E-state index contributed by atoms with van der Waals surface area (Å²) in [4.78, 5) is 17.0. The highest BCUT2D eigenvalue weighted by molar-refractivity contribution is 7.13. The molecule has 0 saturated carbocycles. The van der Waals surface area contributed by atoms with Gasteiger partial charge in [0.05, 0.1) is 10.7 Å². The van der Waals surface area contributed by atoms with E-state index in [1.54, 1.807) is 24.3 Å². The third-order valence-electron chi connectivity index (χ3n) is 2.56.